The van der Waals surface area contributed by atoms with Crippen LogP contribution in [0.2, 0.25) is 4.34 Å². The van der Waals surface area contributed by atoms with E-state index in [0.29, 0.717) is 4.34 Å². The van der Waals surface area contributed by atoms with Crippen molar-refractivity contribution in [1.29, 1.82) is 0 Å². The number of carbonyl (C=O) groups excluding carboxylic acids is 1. The third-order valence-electron chi connectivity index (χ3n) is 1.34. The standard InChI is InChI=1S/C8H9ClOS/c1-5(2)8(10)6-3-4-7(9)11-6/h3-5H,1-2H3. The van der Waals surface area contributed by atoms with Crippen molar-refractivity contribution in [1.82, 2.24) is 0 Å². The lowest BCUT2D eigenvalue weighted by molar-refractivity contribution is 0.0943. The number of halogens is 1. The normalized spacial score (nSPS) is 10.5. The van der Waals surface area contributed by atoms with Crippen molar-refractivity contribution in [2.45, 2.75) is 13.8 Å². The van der Waals surface area contributed by atoms with Crippen LogP contribution in [0.5, 0.6) is 0 Å². The van der Waals surface area contributed by atoms with E-state index in [1.165, 1.54) is 11.3 Å². The fourth-order valence-electron chi connectivity index (χ4n) is 0.731. The third kappa shape index (κ3) is 2.04. The molecule has 1 aromatic heterocycles. The summed E-state index contributed by atoms with van der Waals surface area (Å²) >= 11 is 7.02. The summed E-state index contributed by atoms with van der Waals surface area (Å²) in [5.74, 6) is 0.228. The van der Waals surface area contributed by atoms with E-state index >= 15 is 0 Å². The smallest absolute Gasteiger partial charge is 0.175 e. The number of carbonyl (C=O) groups is 1. The molecule has 0 spiro atoms. The zero-order chi connectivity index (χ0) is 8.43. The van der Waals surface area contributed by atoms with E-state index in [1.807, 2.05) is 13.8 Å². The van der Waals surface area contributed by atoms with Gasteiger partial charge in [-0.25, -0.2) is 0 Å². The summed E-state index contributed by atoms with van der Waals surface area (Å²) in [6.07, 6.45) is 0. The molecule has 0 saturated carbocycles. The van der Waals surface area contributed by atoms with Crippen molar-refractivity contribution >= 4 is 28.7 Å². The van der Waals surface area contributed by atoms with Crippen molar-refractivity contribution in [2.24, 2.45) is 5.92 Å². The van der Waals surface area contributed by atoms with E-state index < -0.39 is 0 Å². The predicted octanol–water partition coefficient (Wildman–Crippen LogP) is 3.24. The SMILES string of the molecule is CC(C)C(=O)c1ccc(Cl)s1. The van der Waals surface area contributed by atoms with Crippen LogP contribution in [0.4, 0.5) is 0 Å². The van der Waals surface area contributed by atoms with Gasteiger partial charge in [0.15, 0.2) is 5.78 Å². The molecule has 1 rings (SSSR count). The molecule has 0 radical (unpaired) electrons. The van der Waals surface area contributed by atoms with Gasteiger partial charge < -0.3 is 0 Å². The first kappa shape index (κ1) is 8.75. The second-order valence-electron chi connectivity index (χ2n) is 2.62. The molecule has 1 nitrogen and oxygen atoms in total. The zero-order valence-corrected chi connectivity index (χ0v) is 8.00. The van der Waals surface area contributed by atoms with E-state index in [4.69, 9.17) is 11.6 Å². The van der Waals surface area contributed by atoms with Crippen molar-refractivity contribution in [3.05, 3.63) is 21.3 Å². The molecule has 0 N–H and O–H groups in total. The molecule has 0 aliphatic rings. The highest BCUT2D eigenvalue weighted by molar-refractivity contribution is 7.18. The minimum absolute atomic E-state index is 0.0599. The van der Waals surface area contributed by atoms with Gasteiger partial charge in [0.2, 0.25) is 0 Å². The molecule has 0 bridgehead atoms. The third-order valence-corrected chi connectivity index (χ3v) is 2.59. The molecular weight excluding hydrogens is 180 g/mol. The summed E-state index contributed by atoms with van der Waals surface area (Å²) in [6, 6.07) is 3.52. The largest absolute Gasteiger partial charge is 0.293 e. The average molecular weight is 189 g/mol. The summed E-state index contributed by atoms with van der Waals surface area (Å²) in [5.41, 5.74) is 0. The molecular formula is C8H9ClOS. The number of Topliss-reactive ketones (excluding diaryl/α,β-unsaturated/α-hetero) is 1. The van der Waals surface area contributed by atoms with E-state index in [9.17, 15) is 4.79 Å². The zero-order valence-electron chi connectivity index (χ0n) is 6.43. The van der Waals surface area contributed by atoms with Gasteiger partial charge in [0, 0.05) is 5.92 Å². The van der Waals surface area contributed by atoms with Crippen molar-refractivity contribution in [3.63, 3.8) is 0 Å². The fourth-order valence-corrected chi connectivity index (χ4v) is 1.86. The minimum atomic E-state index is 0.0599. The van der Waals surface area contributed by atoms with Crippen molar-refractivity contribution < 1.29 is 4.79 Å². The summed E-state index contributed by atoms with van der Waals surface area (Å²) in [4.78, 5) is 12.1. The van der Waals surface area contributed by atoms with Crippen LogP contribution in [0, 0.1) is 5.92 Å². The maximum absolute atomic E-state index is 11.3. The van der Waals surface area contributed by atoms with Crippen LogP contribution in [0.1, 0.15) is 23.5 Å². The highest BCUT2D eigenvalue weighted by Crippen LogP contribution is 2.23. The van der Waals surface area contributed by atoms with Crippen LogP contribution >= 0.6 is 22.9 Å². The second kappa shape index (κ2) is 3.37. The van der Waals surface area contributed by atoms with Gasteiger partial charge in [-0.05, 0) is 12.1 Å². The molecule has 0 saturated heterocycles. The predicted molar refractivity (Wildman–Crippen MR) is 48.5 cm³/mol. The summed E-state index contributed by atoms with van der Waals surface area (Å²) < 4.78 is 0.675. The first-order valence-corrected chi connectivity index (χ1v) is 4.60. The van der Waals surface area contributed by atoms with Gasteiger partial charge in [0.1, 0.15) is 0 Å². The monoisotopic (exact) mass is 188 g/mol. The average Bonchev–Trinajstić information content (AvgIpc) is 2.34. The molecule has 60 valence electrons. The molecule has 0 amide bonds. The Morgan fingerprint density at radius 2 is 2.18 bits per heavy atom. The molecule has 0 aliphatic heterocycles. The Morgan fingerprint density at radius 3 is 2.55 bits per heavy atom. The van der Waals surface area contributed by atoms with Gasteiger partial charge >= 0.3 is 0 Å². The molecule has 0 aromatic carbocycles. The van der Waals surface area contributed by atoms with E-state index in [1.54, 1.807) is 12.1 Å². The van der Waals surface area contributed by atoms with Crippen LogP contribution < -0.4 is 0 Å². The Morgan fingerprint density at radius 1 is 1.55 bits per heavy atom. The molecule has 0 atom stereocenters. The van der Waals surface area contributed by atoms with Crippen molar-refractivity contribution in [2.75, 3.05) is 0 Å². The lowest BCUT2D eigenvalue weighted by atomic mass is 10.1. The maximum Gasteiger partial charge on any atom is 0.175 e. The molecule has 11 heavy (non-hydrogen) atoms. The lowest BCUT2D eigenvalue weighted by Gasteiger charge is -1.98. The summed E-state index contributed by atoms with van der Waals surface area (Å²) in [7, 11) is 0. The van der Waals surface area contributed by atoms with E-state index in [-0.39, 0.29) is 11.7 Å². The summed E-state index contributed by atoms with van der Waals surface area (Å²) in [5, 5.41) is 0. The Labute approximate surface area is 75.0 Å². The van der Waals surface area contributed by atoms with Crippen LogP contribution in [0.15, 0.2) is 12.1 Å². The number of ketones is 1. The number of thiophene rings is 1. The molecule has 1 heterocycles. The molecule has 1 aromatic rings. The lowest BCUT2D eigenvalue weighted by Crippen LogP contribution is -2.04. The molecule has 0 unspecified atom stereocenters. The second-order valence-corrected chi connectivity index (χ2v) is 4.34. The van der Waals surface area contributed by atoms with E-state index in [0.717, 1.165) is 4.88 Å². The van der Waals surface area contributed by atoms with Crippen LogP contribution in [0.25, 0.3) is 0 Å². The Balaban J connectivity index is 2.85. The topological polar surface area (TPSA) is 17.1 Å². The first-order valence-electron chi connectivity index (χ1n) is 3.41. The van der Waals surface area contributed by atoms with Crippen LogP contribution in [0.3, 0.4) is 0 Å². The Bertz CT molecular complexity index is 265. The number of rotatable bonds is 2. The Kier molecular flexibility index (Phi) is 2.68. The fraction of sp³-hybridized carbons (Fsp3) is 0.375. The van der Waals surface area contributed by atoms with Gasteiger partial charge in [-0.3, -0.25) is 4.79 Å². The molecule has 3 heteroatoms. The van der Waals surface area contributed by atoms with Gasteiger partial charge in [-0.1, -0.05) is 25.4 Å². The molecule has 0 fully saturated rings. The minimum Gasteiger partial charge on any atom is -0.293 e. The number of hydrogen-bond donors (Lipinski definition) is 0. The summed E-state index contributed by atoms with van der Waals surface area (Å²) in [6.45, 7) is 3.77. The quantitative estimate of drug-likeness (QED) is 0.652. The van der Waals surface area contributed by atoms with Gasteiger partial charge in [0.25, 0.3) is 0 Å². The highest BCUT2D eigenvalue weighted by Gasteiger charge is 2.11. The number of hydrogen-bond acceptors (Lipinski definition) is 2. The first-order chi connectivity index (χ1) is 5.11. The van der Waals surface area contributed by atoms with Crippen LogP contribution in [-0.4, -0.2) is 5.78 Å². The van der Waals surface area contributed by atoms with E-state index in [2.05, 4.69) is 0 Å². The Hall–Kier alpha value is -0.340. The highest BCUT2D eigenvalue weighted by atomic mass is 35.5. The van der Waals surface area contributed by atoms with Gasteiger partial charge in [-0.15, -0.1) is 11.3 Å². The maximum atomic E-state index is 11.3. The van der Waals surface area contributed by atoms with Crippen LogP contribution in [-0.2, 0) is 0 Å². The van der Waals surface area contributed by atoms with Gasteiger partial charge in [-0.2, -0.15) is 0 Å². The molecule has 0 aliphatic carbocycles. The van der Waals surface area contributed by atoms with Crippen molar-refractivity contribution in [3.8, 4) is 0 Å². The van der Waals surface area contributed by atoms with Gasteiger partial charge in [0.05, 0.1) is 9.21 Å².